The third-order valence-electron chi connectivity index (χ3n) is 3.83. The van der Waals surface area contributed by atoms with Crippen molar-refractivity contribution in [3.63, 3.8) is 0 Å². The van der Waals surface area contributed by atoms with Crippen LogP contribution in [0, 0.1) is 0 Å². The van der Waals surface area contributed by atoms with Gasteiger partial charge in [0.2, 0.25) is 0 Å². The predicted molar refractivity (Wildman–Crippen MR) is 98.8 cm³/mol. The summed E-state index contributed by atoms with van der Waals surface area (Å²) in [6, 6.07) is 9.16. The summed E-state index contributed by atoms with van der Waals surface area (Å²) in [6.45, 7) is 1.59. The van der Waals surface area contributed by atoms with Crippen LogP contribution in [0.25, 0.3) is 0 Å². The number of hydrogen-bond acceptors (Lipinski definition) is 6. The molecular weight excluding hydrogens is 408 g/mol. The molecule has 1 aromatic carbocycles. The lowest BCUT2D eigenvalue weighted by Crippen LogP contribution is -2.38. The SMILES string of the molecule is COC(=O)C([13c]1[13cH][13cH][13cH][13cH][13c]1Cl)N1CCc2sccc2C1.O=S(=O)(O)O. The zero-order valence-electron chi connectivity index (χ0n) is 13.8. The normalized spacial score (nSPS) is 15.4. The van der Waals surface area contributed by atoms with Crippen molar-refractivity contribution in [3.05, 3.63) is 56.7 Å². The molecule has 0 spiro atoms. The number of halogens is 1. The second kappa shape index (κ2) is 8.94. The highest BCUT2D eigenvalue weighted by Crippen LogP contribution is 2.33. The molecule has 1 aliphatic rings. The molecule has 26 heavy (non-hydrogen) atoms. The maximum Gasteiger partial charge on any atom is 0.394 e. The molecule has 7 nitrogen and oxygen atoms in total. The van der Waals surface area contributed by atoms with Gasteiger partial charge in [-0.3, -0.25) is 14.0 Å². The molecule has 2 heterocycles. The number of rotatable bonds is 3. The van der Waals surface area contributed by atoms with Gasteiger partial charge in [0, 0.05) is 23.0 Å². The van der Waals surface area contributed by atoms with Crippen molar-refractivity contribution in [2.45, 2.75) is 19.0 Å². The highest BCUT2D eigenvalue weighted by Gasteiger charge is 2.32. The summed E-state index contributed by atoms with van der Waals surface area (Å²) >= 11 is 8.07. The van der Waals surface area contributed by atoms with Crippen LogP contribution in [0.3, 0.4) is 0 Å². The molecule has 0 amide bonds. The molecule has 1 aromatic heterocycles. The van der Waals surface area contributed by atoms with Crippen LogP contribution < -0.4 is 0 Å². The van der Waals surface area contributed by atoms with E-state index in [1.54, 1.807) is 11.3 Å². The van der Waals surface area contributed by atoms with Crippen molar-refractivity contribution >= 4 is 39.3 Å². The minimum Gasteiger partial charge on any atom is -0.468 e. The van der Waals surface area contributed by atoms with Gasteiger partial charge in [-0.15, -0.1) is 11.3 Å². The molecule has 1 atom stereocenters. The lowest BCUT2D eigenvalue weighted by Gasteiger charge is -2.33. The van der Waals surface area contributed by atoms with Gasteiger partial charge in [0.1, 0.15) is 6.04 Å². The molecule has 0 bridgehead atoms. The van der Waals surface area contributed by atoms with Crippen LogP contribution in [-0.4, -0.2) is 42.0 Å². The minimum absolute atomic E-state index is 0.262. The molecule has 2 N–H and O–H groups in total. The summed E-state index contributed by atoms with van der Waals surface area (Å²) in [5, 5.41) is 2.71. The van der Waals surface area contributed by atoms with Gasteiger partial charge in [-0.05, 0) is 35.1 Å². The quantitative estimate of drug-likeness (QED) is 0.575. The molecule has 0 saturated heterocycles. The fourth-order valence-electron chi connectivity index (χ4n) is 2.77. The Balaban J connectivity index is 0.000000431. The van der Waals surface area contributed by atoms with E-state index in [1.807, 2.05) is 24.3 Å². The average molecular weight is 426 g/mol. The number of nitrogens with zero attached hydrogens (tertiary/aromatic N) is 1. The van der Waals surface area contributed by atoms with Crippen LogP contribution >= 0.6 is 22.9 Å². The van der Waals surface area contributed by atoms with Gasteiger partial charge < -0.3 is 4.74 Å². The zero-order valence-corrected chi connectivity index (χ0v) is 16.2. The molecule has 0 aliphatic carbocycles. The second-order valence-corrected chi connectivity index (χ2v) is 7.79. The van der Waals surface area contributed by atoms with Crippen molar-refractivity contribution in [1.82, 2.24) is 4.90 Å². The Morgan fingerprint density at radius 3 is 2.58 bits per heavy atom. The van der Waals surface area contributed by atoms with Crippen molar-refractivity contribution in [2.75, 3.05) is 13.7 Å². The van der Waals surface area contributed by atoms with E-state index in [1.165, 1.54) is 17.6 Å². The Labute approximate surface area is 160 Å². The lowest BCUT2D eigenvalue weighted by atomic mass is 10.1. The first-order valence-electron chi connectivity index (χ1n) is 7.52. The Bertz CT molecular complexity index is 859. The van der Waals surface area contributed by atoms with Gasteiger partial charge in [-0.25, -0.2) is 4.79 Å². The van der Waals surface area contributed by atoms with Gasteiger partial charge in [0.25, 0.3) is 0 Å². The van der Waals surface area contributed by atoms with Gasteiger partial charge >= 0.3 is 16.4 Å². The highest BCUT2D eigenvalue weighted by molar-refractivity contribution is 7.79. The summed E-state index contributed by atoms with van der Waals surface area (Å²) < 4.78 is 36.6. The van der Waals surface area contributed by atoms with E-state index in [4.69, 9.17) is 33.9 Å². The summed E-state index contributed by atoms with van der Waals surface area (Å²) in [6.07, 6.45) is 0.963. The standard InChI is InChI=1S/C16H16ClNO2S.H2O4S/c1-20-16(19)15(12-4-2-3-5-13(12)17)18-8-6-14-11(10-18)7-9-21-14;1-5(2,3)4/h2-5,7,9,15H,6,8,10H2,1H3;(H2,1,2,3,4)/i2+1,3+1,4+1,5+1,12+1,13+1;. The number of esters is 1. The lowest BCUT2D eigenvalue weighted by molar-refractivity contribution is -0.147. The van der Waals surface area contributed by atoms with Crippen LogP contribution in [-0.2, 0) is 32.9 Å². The van der Waals surface area contributed by atoms with Crippen molar-refractivity contribution < 1.29 is 27.1 Å². The Hall–Kier alpha value is -1.49. The number of carbonyl (C=O) groups is 1. The molecule has 1 unspecified atom stereocenters. The fourth-order valence-corrected chi connectivity index (χ4v) is 3.90. The molecule has 3 rings (SSSR count). The van der Waals surface area contributed by atoms with E-state index in [-0.39, 0.29) is 5.97 Å². The van der Waals surface area contributed by atoms with Gasteiger partial charge in [0.05, 0.1) is 7.11 Å². The monoisotopic (exact) mass is 425 g/mol. The first-order valence-corrected chi connectivity index (χ1v) is 10.2. The van der Waals surface area contributed by atoms with Crippen molar-refractivity contribution in [1.29, 1.82) is 0 Å². The first-order chi connectivity index (χ1) is 12.2. The van der Waals surface area contributed by atoms with Crippen LogP contribution in [0.1, 0.15) is 22.0 Å². The van der Waals surface area contributed by atoms with Crippen LogP contribution in [0.5, 0.6) is 0 Å². The smallest absolute Gasteiger partial charge is 0.394 e. The number of methoxy groups -OCH3 is 1. The zero-order chi connectivity index (χ0) is 19.3. The van der Waals surface area contributed by atoms with Gasteiger partial charge in [0.15, 0.2) is 0 Å². The number of fused-ring (bicyclic) bond motifs is 1. The molecule has 0 radical (unpaired) electrons. The molecular formula is C16H18ClNO6S2. The predicted octanol–water partition coefficient (Wildman–Crippen LogP) is 3.02. The summed E-state index contributed by atoms with van der Waals surface area (Å²) in [5.74, 6) is -0.262. The molecule has 2 aromatic rings. The largest absolute Gasteiger partial charge is 0.468 e. The average Bonchev–Trinajstić information content (AvgIpc) is 3.03. The third kappa shape index (κ3) is 5.76. The third-order valence-corrected chi connectivity index (χ3v) is 5.19. The number of hydrogen-bond donors (Lipinski definition) is 2. The van der Waals surface area contributed by atoms with Crippen LogP contribution in [0.15, 0.2) is 35.7 Å². The molecule has 0 fully saturated rings. The first kappa shape index (κ1) is 20.8. The number of carbonyl (C=O) groups excluding carboxylic acids is 1. The van der Waals surface area contributed by atoms with Crippen LogP contribution in [0.4, 0.5) is 0 Å². The molecule has 1 aliphatic heterocycles. The summed E-state index contributed by atoms with van der Waals surface area (Å²) in [4.78, 5) is 15.8. The second-order valence-electron chi connectivity index (χ2n) is 5.48. The van der Waals surface area contributed by atoms with Crippen molar-refractivity contribution in [2.24, 2.45) is 0 Å². The van der Waals surface area contributed by atoms with E-state index in [0.717, 1.165) is 25.1 Å². The van der Waals surface area contributed by atoms with E-state index < -0.39 is 16.4 Å². The van der Waals surface area contributed by atoms with E-state index >= 15 is 0 Å². The summed E-state index contributed by atoms with van der Waals surface area (Å²) in [5.41, 5.74) is 2.11. The van der Waals surface area contributed by atoms with Crippen molar-refractivity contribution in [3.8, 4) is 0 Å². The molecule has 0 saturated carbocycles. The highest BCUT2D eigenvalue weighted by atomic mass is 35.5. The van der Waals surface area contributed by atoms with Gasteiger partial charge in [-0.1, -0.05) is 29.8 Å². The number of thiophene rings is 1. The van der Waals surface area contributed by atoms with Gasteiger partial charge in [-0.2, -0.15) is 8.42 Å². The number of ether oxygens (including phenoxy) is 1. The fraction of sp³-hybridized carbons (Fsp3) is 0.312. The van der Waals surface area contributed by atoms with Crippen LogP contribution in [0.2, 0.25) is 5.02 Å². The Kier molecular flexibility index (Phi) is 7.16. The molecule has 10 heteroatoms. The maximum atomic E-state index is 12.3. The van der Waals surface area contributed by atoms with E-state index in [2.05, 4.69) is 16.3 Å². The van der Waals surface area contributed by atoms with E-state index in [9.17, 15) is 4.79 Å². The van der Waals surface area contributed by atoms with E-state index in [0.29, 0.717) is 5.02 Å². The minimum atomic E-state index is -4.67. The number of benzene rings is 1. The Morgan fingerprint density at radius 1 is 1.31 bits per heavy atom. The maximum absolute atomic E-state index is 12.3. The Morgan fingerprint density at radius 2 is 1.96 bits per heavy atom. The topological polar surface area (TPSA) is 104 Å². The summed E-state index contributed by atoms with van der Waals surface area (Å²) in [7, 11) is -3.24. The molecule has 142 valence electrons.